The number of fused-ring (bicyclic) bond motifs is 1. The number of hydrogen-bond donors (Lipinski definition) is 1. The van der Waals surface area contributed by atoms with Crippen molar-refractivity contribution in [3.63, 3.8) is 0 Å². The molecule has 0 unspecified atom stereocenters. The summed E-state index contributed by atoms with van der Waals surface area (Å²) >= 11 is 0. The molecule has 1 atom stereocenters. The summed E-state index contributed by atoms with van der Waals surface area (Å²) in [6.07, 6.45) is 3.80. The highest BCUT2D eigenvalue weighted by atomic mass is 16.5. The fraction of sp³-hybridized carbons (Fsp3) is 0.458. The number of para-hydroxylation sites is 1. The summed E-state index contributed by atoms with van der Waals surface area (Å²) < 4.78 is 10.9. The van der Waals surface area contributed by atoms with Crippen LogP contribution in [-0.2, 0) is 11.3 Å². The number of morpholine rings is 1. The molecule has 0 aliphatic carbocycles. The van der Waals surface area contributed by atoms with Crippen LogP contribution < -0.4 is 4.74 Å². The molecule has 1 amide bonds. The number of carbonyl (C=O) groups is 1. The van der Waals surface area contributed by atoms with Gasteiger partial charge in [-0.3, -0.25) is 14.8 Å². The number of pyridine rings is 1. The van der Waals surface area contributed by atoms with Gasteiger partial charge in [0.05, 0.1) is 43.5 Å². The quantitative estimate of drug-likeness (QED) is 0.664. The van der Waals surface area contributed by atoms with Gasteiger partial charge in [-0.15, -0.1) is 0 Å². The number of hydrogen-bond acceptors (Lipinski definition) is 6. The van der Waals surface area contributed by atoms with Crippen LogP contribution in [0.25, 0.3) is 10.9 Å². The zero-order chi connectivity index (χ0) is 21.9. The predicted octanol–water partition coefficient (Wildman–Crippen LogP) is 2.82. The molecule has 168 valence electrons. The molecule has 2 aliphatic heterocycles. The van der Waals surface area contributed by atoms with Crippen molar-refractivity contribution in [3.8, 4) is 5.75 Å². The summed E-state index contributed by atoms with van der Waals surface area (Å²) in [4.78, 5) is 22.2. The minimum atomic E-state index is 0.0532. The number of methoxy groups -OCH3 is 1. The molecular weight excluding hydrogens is 406 g/mol. The first-order chi connectivity index (χ1) is 15.7. The maximum atomic E-state index is 13.1. The summed E-state index contributed by atoms with van der Waals surface area (Å²) in [5.41, 5.74) is 3.58. The molecule has 2 saturated heterocycles. The van der Waals surface area contributed by atoms with Crippen LogP contribution >= 0.6 is 0 Å². The Balaban J connectivity index is 1.31. The van der Waals surface area contributed by atoms with Crippen LogP contribution in [-0.4, -0.2) is 77.4 Å². The lowest BCUT2D eigenvalue weighted by Gasteiger charge is -2.33. The fourth-order valence-corrected chi connectivity index (χ4v) is 4.79. The summed E-state index contributed by atoms with van der Waals surface area (Å²) in [7, 11) is 1.68. The predicted molar refractivity (Wildman–Crippen MR) is 121 cm³/mol. The Morgan fingerprint density at radius 1 is 1.22 bits per heavy atom. The first-order valence-corrected chi connectivity index (χ1v) is 11.3. The lowest BCUT2D eigenvalue weighted by atomic mass is 9.92. The van der Waals surface area contributed by atoms with E-state index in [2.05, 4.69) is 33.3 Å². The van der Waals surface area contributed by atoms with Crippen molar-refractivity contribution in [2.24, 2.45) is 0 Å². The van der Waals surface area contributed by atoms with E-state index in [1.165, 1.54) is 0 Å². The molecule has 8 heteroatoms. The van der Waals surface area contributed by atoms with E-state index in [9.17, 15) is 4.79 Å². The zero-order valence-corrected chi connectivity index (χ0v) is 18.4. The van der Waals surface area contributed by atoms with Gasteiger partial charge in [0.15, 0.2) is 0 Å². The van der Waals surface area contributed by atoms with Crippen molar-refractivity contribution in [1.29, 1.82) is 0 Å². The summed E-state index contributed by atoms with van der Waals surface area (Å²) in [6.45, 7) is 5.12. The molecular formula is C24H29N5O3. The molecule has 5 rings (SSSR count). The summed E-state index contributed by atoms with van der Waals surface area (Å²) in [5.74, 6) is 1.10. The van der Waals surface area contributed by atoms with E-state index < -0.39 is 0 Å². The maximum Gasteiger partial charge on any atom is 0.257 e. The summed E-state index contributed by atoms with van der Waals surface area (Å²) in [6, 6.07) is 10.2. The van der Waals surface area contributed by atoms with Crippen molar-refractivity contribution in [3.05, 3.63) is 53.5 Å². The van der Waals surface area contributed by atoms with E-state index in [0.717, 1.165) is 60.5 Å². The van der Waals surface area contributed by atoms with E-state index >= 15 is 0 Å². The number of benzene rings is 1. The highest BCUT2D eigenvalue weighted by Gasteiger charge is 2.29. The highest BCUT2D eigenvalue weighted by molar-refractivity contribution is 5.95. The number of rotatable bonds is 5. The zero-order valence-electron chi connectivity index (χ0n) is 18.4. The fourth-order valence-electron chi connectivity index (χ4n) is 4.79. The highest BCUT2D eigenvalue weighted by Crippen LogP contribution is 2.30. The number of aromatic amines is 1. The van der Waals surface area contributed by atoms with Crippen molar-refractivity contribution in [2.75, 3.05) is 46.5 Å². The second-order valence-electron chi connectivity index (χ2n) is 8.51. The van der Waals surface area contributed by atoms with Gasteiger partial charge in [0, 0.05) is 37.5 Å². The van der Waals surface area contributed by atoms with Crippen LogP contribution in [0.1, 0.15) is 40.5 Å². The number of H-pyrrole nitrogens is 1. The molecule has 0 radical (unpaired) electrons. The van der Waals surface area contributed by atoms with Gasteiger partial charge in [0.25, 0.3) is 5.91 Å². The minimum absolute atomic E-state index is 0.0532. The molecule has 2 fully saturated rings. The number of piperidine rings is 1. The van der Waals surface area contributed by atoms with Crippen LogP contribution in [0.2, 0.25) is 0 Å². The second-order valence-corrected chi connectivity index (χ2v) is 8.51. The Labute approximate surface area is 187 Å². The Kier molecular flexibility index (Phi) is 6.05. The molecule has 8 nitrogen and oxygen atoms in total. The molecule has 1 aromatic carbocycles. The van der Waals surface area contributed by atoms with Crippen molar-refractivity contribution in [1.82, 2.24) is 25.0 Å². The number of nitrogens with one attached hydrogen (secondary N) is 1. The topological polar surface area (TPSA) is 83.6 Å². The molecule has 32 heavy (non-hydrogen) atoms. The van der Waals surface area contributed by atoms with Crippen LogP contribution in [0, 0.1) is 0 Å². The molecule has 0 saturated carbocycles. The largest absolute Gasteiger partial charge is 0.494 e. The lowest BCUT2D eigenvalue weighted by molar-refractivity contribution is 0.0301. The van der Waals surface area contributed by atoms with Crippen LogP contribution in [0.4, 0.5) is 0 Å². The van der Waals surface area contributed by atoms with Gasteiger partial charge >= 0.3 is 0 Å². The molecule has 2 aromatic heterocycles. The van der Waals surface area contributed by atoms with Crippen LogP contribution in [0.5, 0.6) is 5.75 Å². The van der Waals surface area contributed by atoms with Crippen molar-refractivity contribution in [2.45, 2.75) is 25.3 Å². The Morgan fingerprint density at radius 3 is 2.94 bits per heavy atom. The number of aromatic nitrogens is 3. The first kappa shape index (κ1) is 20.9. The Morgan fingerprint density at radius 2 is 2.09 bits per heavy atom. The number of ether oxygens (including phenoxy) is 2. The second kappa shape index (κ2) is 9.26. The molecule has 2 aliphatic rings. The SMILES string of the molecule is COc1cccc2ccc(CN3CCC[C@@H](c4[nH]ncc4C(=O)N4CCOCC4)C3)nc12. The normalized spacial score (nSPS) is 19.9. The monoisotopic (exact) mass is 435 g/mol. The van der Waals surface area contributed by atoms with Gasteiger partial charge in [-0.1, -0.05) is 18.2 Å². The third-order valence-electron chi connectivity index (χ3n) is 6.46. The summed E-state index contributed by atoms with van der Waals surface area (Å²) in [5, 5.41) is 8.44. The van der Waals surface area contributed by atoms with Crippen LogP contribution in [0.3, 0.4) is 0 Å². The van der Waals surface area contributed by atoms with Crippen LogP contribution in [0.15, 0.2) is 36.5 Å². The van der Waals surface area contributed by atoms with E-state index in [1.807, 2.05) is 17.0 Å². The number of amides is 1. The van der Waals surface area contributed by atoms with Gasteiger partial charge in [0.2, 0.25) is 0 Å². The van der Waals surface area contributed by atoms with Gasteiger partial charge in [0.1, 0.15) is 11.3 Å². The molecule has 4 heterocycles. The number of likely N-dealkylation sites (tertiary alicyclic amines) is 1. The maximum absolute atomic E-state index is 13.1. The van der Waals surface area contributed by atoms with E-state index in [4.69, 9.17) is 14.5 Å². The van der Waals surface area contributed by atoms with Gasteiger partial charge in [-0.25, -0.2) is 4.98 Å². The van der Waals surface area contributed by atoms with Gasteiger partial charge in [-0.05, 0) is 31.5 Å². The van der Waals surface area contributed by atoms with Crippen molar-refractivity contribution >= 4 is 16.8 Å². The Bertz CT molecular complexity index is 1090. The minimum Gasteiger partial charge on any atom is -0.494 e. The molecule has 0 bridgehead atoms. The van der Waals surface area contributed by atoms with E-state index in [-0.39, 0.29) is 11.8 Å². The standard InChI is InChI=1S/C24H29N5O3/c1-31-21-6-2-4-17-7-8-19(26-23(17)21)16-28-9-3-5-18(15-28)22-20(14-25-27-22)24(30)29-10-12-32-13-11-29/h2,4,6-8,14,18H,3,5,9-13,15-16H2,1H3,(H,25,27)/t18-/m1/s1. The number of nitrogens with zero attached hydrogens (tertiary/aromatic N) is 4. The first-order valence-electron chi connectivity index (χ1n) is 11.3. The molecule has 0 spiro atoms. The third-order valence-corrected chi connectivity index (χ3v) is 6.46. The lowest BCUT2D eigenvalue weighted by Crippen LogP contribution is -2.41. The smallest absolute Gasteiger partial charge is 0.257 e. The third kappa shape index (κ3) is 4.20. The van der Waals surface area contributed by atoms with Gasteiger partial charge in [-0.2, -0.15) is 5.10 Å². The van der Waals surface area contributed by atoms with E-state index in [0.29, 0.717) is 31.9 Å². The Hall–Kier alpha value is -2.97. The van der Waals surface area contributed by atoms with Crippen molar-refractivity contribution < 1.29 is 14.3 Å². The average molecular weight is 436 g/mol. The number of carbonyl (C=O) groups excluding carboxylic acids is 1. The molecule has 1 N–H and O–H groups in total. The average Bonchev–Trinajstić information content (AvgIpc) is 3.34. The van der Waals surface area contributed by atoms with Gasteiger partial charge < -0.3 is 14.4 Å². The molecule has 3 aromatic rings. The van der Waals surface area contributed by atoms with E-state index in [1.54, 1.807) is 13.3 Å².